The summed E-state index contributed by atoms with van der Waals surface area (Å²) in [5.41, 5.74) is 0.615. The monoisotopic (exact) mass is 331 g/mol. The third kappa shape index (κ3) is 3.51. The van der Waals surface area contributed by atoms with Gasteiger partial charge in [0.25, 0.3) is 11.5 Å². The maximum absolute atomic E-state index is 13.2. The Hall–Kier alpha value is -2.54. The number of aryl methyl sites for hydroxylation is 1. The van der Waals surface area contributed by atoms with Crippen LogP contribution >= 0.6 is 0 Å². The van der Waals surface area contributed by atoms with Crippen molar-refractivity contribution in [2.24, 2.45) is 7.05 Å². The number of carbonyl (C=O) groups excluding carboxylic acids is 1. The van der Waals surface area contributed by atoms with Gasteiger partial charge in [0.05, 0.1) is 12.1 Å². The van der Waals surface area contributed by atoms with Crippen molar-refractivity contribution in [1.29, 1.82) is 0 Å². The van der Waals surface area contributed by atoms with Gasteiger partial charge in [-0.25, -0.2) is 9.07 Å². The number of hydrogen-bond acceptors (Lipinski definition) is 4. The van der Waals surface area contributed by atoms with Crippen molar-refractivity contribution < 1.29 is 13.9 Å². The largest absolute Gasteiger partial charge is 0.376 e. The van der Waals surface area contributed by atoms with Gasteiger partial charge in [0, 0.05) is 19.7 Å². The zero-order valence-electron chi connectivity index (χ0n) is 13.2. The summed E-state index contributed by atoms with van der Waals surface area (Å²) in [5, 5.41) is 6.84. The minimum Gasteiger partial charge on any atom is -0.376 e. The average molecular weight is 331 g/mol. The predicted octanol–water partition coefficient (Wildman–Crippen LogP) is 1.57. The van der Waals surface area contributed by atoms with Crippen LogP contribution in [0, 0.1) is 5.82 Å². The molecule has 0 saturated carbocycles. The molecule has 2 heterocycles. The number of ether oxygens (including phenoxy) is 1. The van der Waals surface area contributed by atoms with Gasteiger partial charge in [-0.2, -0.15) is 5.10 Å². The fourth-order valence-electron chi connectivity index (χ4n) is 2.77. The Morgan fingerprint density at radius 3 is 2.71 bits per heavy atom. The fraction of sp³-hybridized carbons (Fsp3) is 0.353. The van der Waals surface area contributed by atoms with Gasteiger partial charge in [-0.15, -0.1) is 0 Å². The van der Waals surface area contributed by atoms with Crippen molar-refractivity contribution in [3.63, 3.8) is 0 Å². The Morgan fingerprint density at radius 2 is 2.08 bits per heavy atom. The third-order valence-electron chi connectivity index (χ3n) is 4.05. The number of carbonyl (C=O) groups is 1. The highest BCUT2D eigenvalue weighted by Gasteiger charge is 2.29. The second kappa shape index (κ2) is 6.92. The second-order valence-electron chi connectivity index (χ2n) is 5.73. The number of nitrogens with one attached hydrogen (secondary N) is 1. The van der Waals surface area contributed by atoms with E-state index in [9.17, 15) is 14.0 Å². The SMILES string of the molecule is Cn1nc(C(=O)N[C@@H](c2ccc(F)cc2)[C@H]2CCCO2)ccc1=O. The number of halogens is 1. The zero-order valence-corrected chi connectivity index (χ0v) is 13.2. The van der Waals surface area contributed by atoms with E-state index in [1.807, 2.05) is 0 Å². The van der Waals surface area contributed by atoms with Crippen molar-refractivity contribution in [3.05, 3.63) is 63.8 Å². The molecule has 1 fully saturated rings. The maximum Gasteiger partial charge on any atom is 0.272 e. The minimum absolute atomic E-state index is 0.141. The molecule has 24 heavy (non-hydrogen) atoms. The lowest BCUT2D eigenvalue weighted by Crippen LogP contribution is -2.37. The average Bonchev–Trinajstić information content (AvgIpc) is 3.10. The first-order valence-corrected chi connectivity index (χ1v) is 7.77. The van der Waals surface area contributed by atoms with Crippen LogP contribution in [0.1, 0.15) is 34.9 Å². The zero-order chi connectivity index (χ0) is 17.1. The lowest BCUT2D eigenvalue weighted by molar-refractivity contribution is 0.0668. The first kappa shape index (κ1) is 16.3. The summed E-state index contributed by atoms with van der Waals surface area (Å²) in [7, 11) is 1.48. The molecule has 1 N–H and O–H groups in total. The molecule has 1 saturated heterocycles. The van der Waals surface area contributed by atoms with E-state index in [2.05, 4.69) is 10.4 Å². The van der Waals surface area contributed by atoms with E-state index < -0.39 is 11.9 Å². The summed E-state index contributed by atoms with van der Waals surface area (Å²) < 4.78 is 20.0. The molecule has 1 aromatic carbocycles. The van der Waals surface area contributed by atoms with Gasteiger partial charge >= 0.3 is 0 Å². The van der Waals surface area contributed by atoms with Crippen LogP contribution in [-0.4, -0.2) is 28.4 Å². The normalized spacial score (nSPS) is 18.3. The number of hydrogen-bond donors (Lipinski definition) is 1. The van der Waals surface area contributed by atoms with Crippen molar-refractivity contribution in [2.75, 3.05) is 6.61 Å². The van der Waals surface area contributed by atoms with E-state index in [4.69, 9.17) is 4.74 Å². The summed E-state index contributed by atoms with van der Waals surface area (Å²) in [6.45, 7) is 0.635. The van der Waals surface area contributed by atoms with Gasteiger partial charge in [-0.1, -0.05) is 12.1 Å². The molecular formula is C17H18FN3O3. The Labute approximate surface area is 138 Å². The number of benzene rings is 1. The van der Waals surface area contributed by atoms with Gasteiger partial charge in [0.1, 0.15) is 11.5 Å². The molecule has 7 heteroatoms. The van der Waals surface area contributed by atoms with Crippen LogP contribution in [0.25, 0.3) is 0 Å². The van der Waals surface area contributed by atoms with Gasteiger partial charge < -0.3 is 10.1 Å². The van der Waals surface area contributed by atoms with Crippen LogP contribution in [0.4, 0.5) is 4.39 Å². The number of rotatable bonds is 4. The maximum atomic E-state index is 13.2. The first-order valence-electron chi connectivity index (χ1n) is 7.77. The van der Waals surface area contributed by atoms with Gasteiger partial charge in [0.15, 0.2) is 0 Å². The van der Waals surface area contributed by atoms with Crippen LogP contribution in [0.3, 0.4) is 0 Å². The molecule has 2 atom stereocenters. The Kier molecular flexibility index (Phi) is 4.71. The van der Waals surface area contributed by atoms with Gasteiger partial charge in [0.2, 0.25) is 0 Å². The van der Waals surface area contributed by atoms with Crippen LogP contribution in [-0.2, 0) is 11.8 Å². The predicted molar refractivity (Wildman–Crippen MR) is 85.1 cm³/mol. The van der Waals surface area contributed by atoms with E-state index >= 15 is 0 Å². The summed E-state index contributed by atoms with van der Waals surface area (Å²) in [5.74, 6) is -0.744. The molecule has 126 valence electrons. The lowest BCUT2D eigenvalue weighted by atomic mass is 9.99. The molecule has 1 aliphatic rings. The quantitative estimate of drug-likeness (QED) is 0.923. The number of aromatic nitrogens is 2. The van der Waals surface area contributed by atoms with E-state index in [1.54, 1.807) is 12.1 Å². The van der Waals surface area contributed by atoms with E-state index in [0.29, 0.717) is 6.61 Å². The molecule has 2 aromatic rings. The molecule has 0 bridgehead atoms. The first-order chi connectivity index (χ1) is 11.5. The molecule has 1 amide bonds. The van der Waals surface area contributed by atoms with Crippen LogP contribution in [0.5, 0.6) is 0 Å². The Balaban J connectivity index is 1.85. The summed E-state index contributed by atoms with van der Waals surface area (Å²) in [4.78, 5) is 23.9. The van der Waals surface area contributed by atoms with Crippen LogP contribution in [0.15, 0.2) is 41.2 Å². The minimum atomic E-state index is -0.407. The summed E-state index contributed by atoms with van der Waals surface area (Å²) in [6.07, 6.45) is 1.55. The molecular weight excluding hydrogens is 313 g/mol. The highest BCUT2D eigenvalue weighted by molar-refractivity contribution is 5.92. The summed E-state index contributed by atoms with van der Waals surface area (Å²) >= 11 is 0. The Bertz CT molecular complexity index is 782. The molecule has 0 radical (unpaired) electrons. The van der Waals surface area contributed by atoms with Crippen molar-refractivity contribution >= 4 is 5.91 Å². The van der Waals surface area contributed by atoms with Crippen molar-refractivity contribution in [2.45, 2.75) is 25.0 Å². The van der Waals surface area contributed by atoms with Gasteiger partial charge in [-0.05, 0) is 36.6 Å². The molecule has 0 unspecified atom stereocenters. The number of nitrogens with zero attached hydrogens (tertiary/aromatic N) is 2. The third-order valence-corrected chi connectivity index (χ3v) is 4.05. The highest BCUT2D eigenvalue weighted by atomic mass is 19.1. The molecule has 0 spiro atoms. The smallest absolute Gasteiger partial charge is 0.272 e. The van der Waals surface area contributed by atoms with Crippen LogP contribution < -0.4 is 10.9 Å². The fourth-order valence-corrected chi connectivity index (χ4v) is 2.77. The second-order valence-corrected chi connectivity index (χ2v) is 5.73. The topological polar surface area (TPSA) is 73.2 Å². The van der Waals surface area contributed by atoms with Crippen LogP contribution in [0.2, 0.25) is 0 Å². The van der Waals surface area contributed by atoms with Crippen molar-refractivity contribution in [3.8, 4) is 0 Å². The van der Waals surface area contributed by atoms with E-state index in [-0.39, 0.29) is 23.2 Å². The lowest BCUT2D eigenvalue weighted by Gasteiger charge is -2.24. The van der Waals surface area contributed by atoms with Crippen molar-refractivity contribution in [1.82, 2.24) is 15.1 Å². The molecule has 0 aliphatic carbocycles. The molecule has 3 rings (SSSR count). The number of amides is 1. The summed E-state index contributed by atoms with van der Waals surface area (Å²) in [6, 6.07) is 8.25. The molecule has 1 aromatic heterocycles. The highest BCUT2D eigenvalue weighted by Crippen LogP contribution is 2.27. The standard InChI is InChI=1S/C17H18FN3O3/c1-21-15(22)9-8-13(20-21)17(23)19-16(14-3-2-10-24-14)11-4-6-12(18)7-5-11/h4-9,14,16H,2-3,10H2,1H3,(H,19,23)/t14-,16+/m1/s1. The van der Waals surface area contributed by atoms with E-state index in [1.165, 1.54) is 31.3 Å². The van der Waals surface area contributed by atoms with Gasteiger partial charge in [-0.3, -0.25) is 9.59 Å². The van der Waals surface area contributed by atoms with E-state index in [0.717, 1.165) is 23.1 Å². The molecule has 6 nitrogen and oxygen atoms in total. The Morgan fingerprint density at radius 1 is 1.33 bits per heavy atom. The molecule has 1 aliphatic heterocycles.